The number of carboxylic acid groups (broad SMARTS) is 1. The van der Waals surface area contributed by atoms with Crippen molar-refractivity contribution in [2.24, 2.45) is 5.73 Å². The minimum atomic E-state index is -0.952. The zero-order valence-electron chi connectivity index (χ0n) is 13.8. The van der Waals surface area contributed by atoms with Gasteiger partial charge in [0.2, 0.25) is 0 Å². The Hall–Kier alpha value is -3.06. The van der Waals surface area contributed by atoms with E-state index < -0.39 is 11.9 Å². The van der Waals surface area contributed by atoms with Crippen molar-refractivity contribution in [1.29, 1.82) is 0 Å². The molecular weight excluding hydrogens is 324 g/mol. The van der Waals surface area contributed by atoms with Crippen molar-refractivity contribution in [2.75, 3.05) is 13.7 Å². The Bertz CT molecular complexity index is 744. The molecule has 2 aromatic rings. The van der Waals surface area contributed by atoms with Crippen LogP contribution in [0, 0.1) is 0 Å². The normalized spacial score (nSPS) is 10.3. The maximum atomic E-state index is 11.0. The Morgan fingerprint density at radius 2 is 1.84 bits per heavy atom. The number of methoxy groups -OCH3 is 1. The van der Waals surface area contributed by atoms with E-state index in [1.807, 2.05) is 12.1 Å². The smallest absolute Gasteiger partial charge is 0.335 e. The third kappa shape index (κ3) is 5.22. The molecule has 0 aliphatic rings. The molecule has 0 fully saturated rings. The lowest BCUT2D eigenvalue weighted by Gasteiger charge is -2.15. The standard InChI is InChI=1S/C18H20N2O5/c1-24-15-4-2-3-14(17(15)25-11-16(19)21)10-20-9-12-5-7-13(8-6-12)18(22)23/h2-8,20H,9-11H2,1H3,(H2,19,21)(H,22,23). The Labute approximate surface area is 145 Å². The van der Waals surface area contributed by atoms with E-state index >= 15 is 0 Å². The number of hydrogen-bond acceptors (Lipinski definition) is 5. The Kier molecular flexibility index (Phi) is 6.36. The van der Waals surface area contributed by atoms with Crippen LogP contribution >= 0.6 is 0 Å². The van der Waals surface area contributed by atoms with Gasteiger partial charge in [-0.2, -0.15) is 0 Å². The summed E-state index contributed by atoms with van der Waals surface area (Å²) >= 11 is 0. The van der Waals surface area contributed by atoms with Crippen molar-refractivity contribution in [3.05, 3.63) is 59.2 Å². The van der Waals surface area contributed by atoms with Crippen LogP contribution in [0.1, 0.15) is 21.5 Å². The minimum Gasteiger partial charge on any atom is -0.493 e. The summed E-state index contributed by atoms with van der Waals surface area (Å²) in [6.07, 6.45) is 0. The van der Waals surface area contributed by atoms with Gasteiger partial charge in [0.15, 0.2) is 18.1 Å². The van der Waals surface area contributed by atoms with Crippen molar-refractivity contribution in [3.63, 3.8) is 0 Å². The van der Waals surface area contributed by atoms with Crippen LogP contribution in [0.4, 0.5) is 0 Å². The predicted octanol–water partition coefficient (Wildman–Crippen LogP) is 1.55. The number of amides is 1. The highest BCUT2D eigenvalue weighted by Gasteiger charge is 2.11. The number of carbonyl (C=O) groups is 2. The second kappa shape index (κ2) is 8.70. The maximum absolute atomic E-state index is 11.0. The van der Waals surface area contributed by atoms with Crippen LogP contribution in [-0.2, 0) is 17.9 Å². The lowest BCUT2D eigenvalue weighted by molar-refractivity contribution is -0.119. The van der Waals surface area contributed by atoms with Crippen molar-refractivity contribution >= 4 is 11.9 Å². The molecule has 2 rings (SSSR count). The van der Waals surface area contributed by atoms with Gasteiger partial charge in [-0.1, -0.05) is 24.3 Å². The van der Waals surface area contributed by atoms with E-state index in [0.29, 0.717) is 24.6 Å². The summed E-state index contributed by atoms with van der Waals surface area (Å²) < 4.78 is 10.7. The third-order valence-corrected chi connectivity index (χ3v) is 3.48. The molecular formula is C18H20N2O5. The largest absolute Gasteiger partial charge is 0.493 e. The van der Waals surface area contributed by atoms with E-state index in [-0.39, 0.29) is 12.2 Å². The number of ether oxygens (including phenoxy) is 2. The quantitative estimate of drug-likeness (QED) is 0.636. The average Bonchev–Trinajstić information content (AvgIpc) is 2.60. The number of primary amides is 1. The van der Waals surface area contributed by atoms with Gasteiger partial charge in [-0.05, 0) is 23.8 Å². The third-order valence-electron chi connectivity index (χ3n) is 3.48. The molecule has 0 spiro atoms. The molecule has 4 N–H and O–H groups in total. The first-order valence-corrected chi connectivity index (χ1v) is 7.61. The first-order valence-electron chi connectivity index (χ1n) is 7.61. The fourth-order valence-corrected chi connectivity index (χ4v) is 2.28. The number of nitrogens with one attached hydrogen (secondary N) is 1. The van der Waals surface area contributed by atoms with Crippen LogP contribution in [0.3, 0.4) is 0 Å². The molecule has 0 aliphatic carbocycles. The first kappa shape index (κ1) is 18.3. The second-order valence-electron chi connectivity index (χ2n) is 5.31. The molecule has 0 saturated heterocycles. The highest BCUT2D eigenvalue weighted by molar-refractivity contribution is 5.87. The number of hydrogen-bond donors (Lipinski definition) is 3. The fourth-order valence-electron chi connectivity index (χ4n) is 2.28. The lowest BCUT2D eigenvalue weighted by Crippen LogP contribution is -2.21. The number of rotatable bonds is 9. The minimum absolute atomic E-state index is 0.232. The van der Waals surface area contributed by atoms with Crippen molar-refractivity contribution in [1.82, 2.24) is 5.32 Å². The molecule has 0 saturated carbocycles. The van der Waals surface area contributed by atoms with Gasteiger partial charge in [-0.25, -0.2) is 4.79 Å². The maximum Gasteiger partial charge on any atom is 0.335 e. The van der Waals surface area contributed by atoms with E-state index in [9.17, 15) is 9.59 Å². The molecule has 0 aliphatic heterocycles. The summed E-state index contributed by atoms with van der Waals surface area (Å²) in [6.45, 7) is 0.794. The SMILES string of the molecule is COc1cccc(CNCc2ccc(C(=O)O)cc2)c1OCC(N)=O. The van der Waals surface area contributed by atoms with Gasteiger partial charge >= 0.3 is 5.97 Å². The van der Waals surface area contributed by atoms with Gasteiger partial charge in [-0.15, -0.1) is 0 Å². The van der Waals surface area contributed by atoms with Gasteiger partial charge in [0.1, 0.15) is 0 Å². The van der Waals surface area contributed by atoms with Gasteiger partial charge in [0.25, 0.3) is 5.91 Å². The van der Waals surface area contributed by atoms with Crippen molar-refractivity contribution in [2.45, 2.75) is 13.1 Å². The lowest BCUT2D eigenvalue weighted by atomic mass is 10.1. The van der Waals surface area contributed by atoms with Gasteiger partial charge in [0.05, 0.1) is 12.7 Å². The van der Waals surface area contributed by atoms with E-state index in [2.05, 4.69) is 5.32 Å². The molecule has 132 valence electrons. The molecule has 0 unspecified atom stereocenters. The van der Waals surface area contributed by atoms with Crippen molar-refractivity contribution < 1.29 is 24.2 Å². The summed E-state index contributed by atoms with van der Waals surface area (Å²) in [5, 5.41) is 12.1. The number of nitrogens with two attached hydrogens (primary N) is 1. The number of carbonyl (C=O) groups excluding carboxylic acids is 1. The second-order valence-corrected chi connectivity index (χ2v) is 5.31. The summed E-state index contributed by atoms with van der Waals surface area (Å²) in [7, 11) is 1.52. The predicted molar refractivity (Wildman–Crippen MR) is 91.6 cm³/mol. The molecule has 0 atom stereocenters. The molecule has 7 heteroatoms. The number of benzene rings is 2. The molecule has 2 aromatic carbocycles. The van der Waals surface area contributed by atoms with E-state index in [0.717, 1.165) is 11.1 Å². The fraction of sp³-hybridized carbons (Fsp3) is 0.222. The summed E-state index contributed by atoms with van der Waals surface area (Å²) in [5.74, 6) is -0.528. The van der Waals surface area contributed by atoms with Crippen LogP contribution in [0.5, 0.6) is 11.5 Å². The van der Waals surface area contributed by atoms with Crippen molar-refractivity contribution in [3.8, 4) is 11.5 Å². The van der Waals surface area contributed by atoms with E-state index in [1.165, 1.54) is 7.11 Å². The monoisotopic (exact) mass is 344 g/mol. The van der Waals surface area contributed by atoms with Crippen LogP contribution in [-0.4, -0.2) is 30.7 Å². The zero-order chi connectivity index (χ0) is 18.2. The topological polar surface area (TPSA) is 111 Å². The summed E-state index contributed by atoms with van der Waals surface area (Å²) in [5.41, 5.74) is 7.15. The molecule has 25 heavy (non-hydrogen) atoms. The summed E-state index contributed by atoms with van der Waals surface area (Å²) in [4.78, 5) is 21.8. The Morgan fingerprint density at radius 3 is 2.44 bits per heavy atom. The number of carboxylic acids is 1. The average molecular weight is 344 g/mol. The first-order chi connectivity index (χ1) is 12.0. The molecule has 7 nitrogen and oxygen atoms in total. The molecule has 0 aromatic heterocycles. The highest BCUT2D eigenvalue weighted by Crippen LogP contribution is 2.31. The van der Waals surface area contributed by atoms with E-state index in [4.69, 9.17) is 20.3 Å². The molecule has 0 bridgehead atoms. The van der Waals surface area contributed by atoms with Gasteiger partial charge in [0, 0.05) is 18.7 Å². The summed E-state index contributed by atoms with van der Waals surface area (Å²) in [6, 6.07) is 12.1. The Morgan fingerprint density at radius 1 is 1.12 bits per heavy atom. The highest BCUT2D eigenvalue weighted by atomic mass is 16.5. The number of aromatic carboxylic acids is 1. The molecule has 0 heterocycles. The van der Waals surface area contributed by atoms with E-state index in [1.54, 1.807) is 30.3 Å². The molecule has 0 radical (unpaired) electrons. The van der Waals surface area contributed by atoms with Crippen LogP contribution in [0.15, 0.2) is 42.5 Å². The van der Waals surface area contributed by atoms with Crippen LogP contribution < -0.4 is 20.5 Å². The van der Waals surface area contributed by atoms with Crippen LogP contribution in [0.2, 0.25) is 0 Å². The van der Waals surface area contributed by atoms with Gasteiger partial charge < -0.3 is 25.6 Å². The Balaban J connectivity index is 2.01. The zero-order valence-corrected chi connectivity index (χ0v) is 13.8. The number of para-hydroxylation sites is 1. The molecule has 1 amide bonds. The van der Waals surface area contributed by atoms with Crippen LogP contribution in [0.25, 0.3) is 0 Å². The van der Waals surface area contributed by atoms with Gasteiger partial charge in [-0.3, -0.25) is 4.79 Å².